The predicted octanol–water partition coefficient (Wildman–Crippen LogP) is 3.34. The lowest BCUT2D eigenvalue weighted by Gasteiger charge is -2.09. The van der Waals surface area contributed by atoms with E-state index in [0.29, 0.717) is 18.2 Å². The van der Waals surface area contributed by atoms with Crippen LogP contribution in [0.3, 0.4) is 0 Å². The fraction of sp³-hybridized carbons (Fsp3) is 0.261. The lowest BCUT2D eigenvalue weighted by atomic mass is 10.1. The Labute approximate surface area is 176 Å². The molecule has 1 heterocycles. The molecular weight excluding hydrogens is 382 g/mol. The van der Waals surface area contributed by atoms with Crippen molar-refractivity contribution in [3.8, 4) is 28.6 Å². The number of hydrogen-bond donors (Lipinski definition) is 1. The second kappa shape index (κ2) is 10.2. The number of aryl methyl sites for hydroxylation is 2. The molecule has 3 aromatic rings. The van der Waals surface area contributed by atoms with Crippen molar-refractivity contribution < 1.29 is 19.0 Å². The molecule has 0 aliphatic heterocycles. The number of hydrogen-bond acceptors (Lipinski definition) is 6. The molecule has 1 N–H and O–H groups in total. The van der Waals surface area contributed by atoms with Crippen molar-refractivity contribution in [2.24, 2.45) is 0 Å². The Morgan fingerprint density at radius 1 is 0.900 bits per heavy atom. The molecule has 3 rings (SSSR count). The van der Waals surface area contributed by atoms with Gasteiger partial charge in [-0.3, -0.25) is 4.79 Å². The molecular formula is C23H25N3O4. The summed E-state index contributed by atoms with van der Waals surface area (Å²) in [5, 5.41) is 11.0. The third-order valence-electron chi connectivity index (χ3n) is 4.55. The third-order valence-corrected chi connectivity index (χ3v) is 4.55. The second-order valence-corrected chi connectivity index (χ2v) is 6.72. The van der Waals surface area contributed by atoms with Gasteiger partial charge in [0.2, 0.25) is 5.88 Å². The first-order chi connectivity index (χ1) is 14.5. The Hall–Kier alpha value is -3.61. The summed E-state index contributed by atoms with van der Waals surface area (Å²) in [7, 11) is 1.63. The number of ether oxygens (including phenoxy) is 3. The van der Waals surface area contributed by atoms with Crippen molar-refractivity contribution in [2.75, 3.05) is 26.9 Å². The van der Waals surface area contributed by atoms with Crippen LogP contribution in [0.1, 0.15) is 11.1 Å². The molecule has 0 bridgehead atoms. The fourth-order valence-corrected chi connectivity index (χ4v) is 2.66. The number of carbonyl (C=O) groups is 1. The Morgan fingerprint density at radius 3 is 2.33 bits per heavy atom. The van der Waals surface area contributed by atoms with E-state index in [9.17, 15) is 4.79 Å². The van der Waals surface area contributed by atoms with Gasteiger partial charge in [0.15, 0.2) is 6.61 Å². The zero-order chi connectivity index (χ0) is 21.3. The molecule has 0 spiro atoms. The van der Waals surface area contributed by atoms with Crippen molar-refractivity contribution >= 4 is 5.91 Å². The van der Waals surface area contributed by atoms with Gasteiger partial charge in [-0.15, -0.1) is 10.2 Å². The van der Waals surface area contributed by atoms with Gasteiger partial charge < -0.3 is 19.5 Å². The molecule has 0 aliphatic carbocycles. The molecule has 0 atom stereocenters. The van der Waals surface area contributed by atoms with Crippen LogP contribution >= 0.6 is 0 Å². The van der Waals surface area contributed by atoms with Crippen LogP contribution in [0.25, 0.3) is 11.3 Å². The van der Waals surface area contributed by atoms with E-state index in [4.69, 9.17) is 14.2 Å². The van der Waals surface area contributed by atoms with E-state index in [1.54, 1.807) is 13.2 Å². The van der Waals surface area contributed by atoms with Crippen molar-refractivity contribution in [2.45, 2.75) is 13.8 Å². The minimum atomic E-state index is -0.210. The second-order valence-electron chi connectivity index (χ2n) is 6.72. The third kappa shape index (κ3) is 5.94. The molecule has 7 nitrogen and oxygen atoms in total. The van der Waals surface area contributed by atoms with E-state index in [0.717, 1.165) is 22.6 Å². The Morgan fingerprint density at radius 2 is 1.67 bits per heavy atom. The van der Waals surface area contributed by atoms with Crippen molar-refractivity contribution in [1.29, 1.82) is 0 Å². The SMILES string of the molecule is COc1ccc(-c2ccc(OCCNC(=O)COc3ccc(C)c(C)c3)nn2)cc1. The minimum absolute atomic E-state index is 0.0428. The van der Waals surface area contributed by atoms with Gasteiger partial charge in [0.1, 0.15) is 18.1 Å². The zero-order valence-corrected chi connectivity index (χ0v) is 17.3. The van der Waals surface area contributed by atoms with E-state index >= 15 is 0 Å². The first kappa shape index (κ1) is 21.1. The first-order valence-electron chi connectivity index (χ1n) is 9.63. The topological polar surface area (TPSA) is 82.6 Å². The Balaban J connectivity index is 1.38. The maximum absolute atomic E-state index is 11.9. The summed E-state index contributed by atoms with van der Waals surface area (Å²) in [6.07, 6.45) is 0. The van der Waals surface area contributed by atoms with Gasteiger partial charge in [-0.25, -0.2) is 0 Å². The highest BCUT2D eigenvalue weighted by Crippen LogP contribution is 2.21. The van der Waals surface area contributed by atoms with Crippen molar-refractivity contribution in [1.82, 2.24) is 15.5 Å². The standard InChI is InChI=1S/C23H25N3O4/c1-16-4-7-20(14-17(16)2)30-15-22(27)24-12-13-29-23-11-10-21(25-26-23)18-5-8-19(28-3)9-6-18/h4-11,14H,12-13,15H2,1-3H3,(H,24,27). The summed E-state index contributed by atoms with van der Waals surface area (Å²) >= 11 is 0. The number of methoxy groups -OCH3 is 1. The highest BCUT2D eigenvalue weighted by atomic mass is 16.5. The van der Waals surface area contributed by atoms with Gasteiger partial charge in [0.05, 0.1) is 19.3 Å². The van der Waals surface area contributed by atoms with Crippen molar-refractivity contribution in [3.05, 3.63) is 65.7 Å². The smallest absolute Gasteiger partial charge is 0.258 e. The zero-order valence-electron chi connectivity index (χ0n) is 17.3. The normalized spacial score (nSPS) is 10.4. The largest absolute Gasteiger partial charge is 0.497 e. The maximum Gasteiger partial charge on any atom is 0.258 e. The quantitative estimate of drug-likeness (QED) is 0.548. The highest BCUT2D eigenvalue weighted by molar-refractivity contribution is 5.77. The summed E-state index contributed by atoms with van der Waals surface area (Å²) in [4.78, 5) is 11.9. The number of amides is 1. The molecule has 0 unspecified atom stereocenters. The molecule has 2 aromatic carbocycles. The van der Waals surface area contributed by atoms with Crippen LogP contribution in [0.2, 0.25) is 0 Å². The van der Waals surface area contributed by atoms with Crippen LogP contribution in [0.5, 0.6) is 17.4 Å². The molecule has 30 heavy (non-hydrogen) atoms. The molecule has 0 aliphatic rings. The average molecular weight is 407 g/mol. The van der Waals surface area contributed by atoms with Crippen LogP contribution in [0.15, 0.2) is 54.6 Å². The van der Waals surface area contributed by atoms with Gasteiger partial charge in [0.25, 0.3) is 5.91 Å². The van der Waals surface area contributed by atoms with Crippen LogP contribution in [-0.2, 0) is 4.79 Å². The molecule has 0 saturated carbocycles. The number of carbonyl (C=O) groups excluding carboxylic acids is 1. The molecule has 0 fully saturated rings. The predicted molar refractivity (Wildman–Crippen MR) is 114 cm³/mol. The van der Waals surface area contributed by atoms with Gasteiger partial charge in [0, 0.05) is 11.6 Å². The lowest BCUT2D eigenvalue weighted by Crippen LogP contribution is -2.32. The van der Waals surface area contributed by atoms with Crippen LogP contribution in [0.4, 0.5) is 0 Å². The van der Waals surface area contributed by atoms with Gasteiger partial charge >= 0.3 is 0 Å². The Kier molecular flexibility index (Phi) is 7.21. The number of aromatic nitrogens is 2. The van der Waals surface area contributed by atoms with Gasteiger partial charge in [-0.1, -0.05) is 6.07 Å². The van der Waals surface area contributed by atoms with Gasteiger partial charge in [-0.05, 0) is 67.4 Å². The molecule has 7 heteroatoms. The van der Waals surface area contributed by atoms with E-state index in [-0.39, 0.29) is 19.1 Å². The molecule has 1 amide bonds. The summed E-state index contributed by atoms with van der Waals surface area (Å²) < 4.78 is 16.2. The van der Waals surface area contributed by atoms with Crippen LogP contribution < -0.4 is 19.5 Å². The van der Waals surface area contributed by atoms with E-state index in [1.165, 1.54) is 5.56 Å². The maximum atomic E-state index is 11.9. The fourth-order valence-electron chi connectivity index (χ4n) is 2.66. The van der Waals surface area contributed by atoms with Gasteiger partial charge in [-0.2, -0.15) is 0 Å². The summed E-state index contributed by atoms with van der Waals surface area (Å²) in [6, 6.07) is 16.9. The monoisotopic (exact) mass is 407 g/mol. The number of nitrogens with one attached hydrogen (secondary N) is 1. The highest BCUT2D eigenvalue weighted by Gasteiger charge is 2.05. The molecule has 156 valence electrons. The summed E-state index contributed by atoms with van der Waals surface area (Å²) in [5.74, 6) is 1.65. The van der Waals surface area contributed by atoms with Crippen molar-refractivity contribution in [3.63, 3.8) is 0 Å². The lowest BCUT2D eigenvalue weighted by molar-refractivity contribution is -0.123. The number of rotatable bonds is 9. The Bertz CT molecular complexity index is 973. The van der Waals surface area contributed by atoms with Crippen LogP contribution in [0, 0.1) is 13.8 Å². The molecule has 1 aromatic heterocycles. The van der Waals surface area contributed by atoms with Crippen LogP contribution in [-0.4, -0.2) is 43.0 Å². The van der Waals surface area contributed by atoms with E-state index in [1.807, 2.05) is 62.4 Å². The summed E-state index contributed by atoms with van der Waals surface area (Å²) in [6.45, 7) is 4.62. The van der Waals surface area contributed by atoms with E-state index < -0.39 is 0 Å². The molecule has 0 radical (unpaired) electrons. The first-order valence-corrected chi connectivity index (χ1v) is 9.63. The molecule has 0 saturated heterocycles. The number of nitrogens with zero attached hydrogens (tertiary/aromatic N) is 2. The van der Waals surface area contributed by atoms with E-state index in [2.05, 4.69) is 15.5 Å². The minimum Gasteiger partial charge on any atom is -0.497 e. The number of benzene rings is 2. The summed E-state index contributed by atoms with van der Waals surface area (Å²) in [5.41, 5.74) is 3.98. The average Bonchev–Trinajstić information content (AvgIpc) is 2.78.